The van der Waals surface area contributed by atoms with Crippen molar-refractivity contribution in [3.05, 3.63) is 35.3 Å². The van der Waals surface area contributed by atoms with Crippen LogP contribution in [-0.4, -0.2) is 32.7 Å². The van der Waals surface area contributed by atoms with E-state index >= 15 is 0 Å². The Bertz CT molecular complexity index is 437. The molecular formula is C13H18N2O3. The predicted octanol–water partition coefficient (Wildman–Crippen LogP) is 1.08. The minimum atomic E-state index is -0.184. The number of nitrogens with one attached hydrogen (secondary N) is 2. The van der Waals surface area contributed by atoms with E-state index in [1.165, 1.54) is 5.57 Å². The summed E-state index contributed by atoms with van der Waals surface area (Å²) < 4.78 is 10.3. The topological polar surface area (TPSA) is 63.5 Å². The van der Waals surface area contributed by atoms with Crippen LogP contribution in [0, 0.1) is 0 Å². The largest absolute Gasteiger partial charge is 0.453 e. The zero-order valence-corrected chi connectivity index (χ0v) is 10.5. The third-order valence-corrected chi connectivity index (χ3v) is 2.81. The smallest absolute Gasteiger partial charge is 0.287 e. The van der Waals surface area contributed by atoms with Crippen molar-refractivity contribution in [2.45, 2.75) is 13.0 Å². The van der Waals surface area contributed by atoms with E-state index < -0.39 is 0 Å². The molecule has 0 bridgehead atoms. The van der Waals surface area contributed by atoms with Crippen LogP contribution in [0.2, 0.25) is 0 Å². The molecule has 1 aromatic heterocycles. The lowest BCUT2D eigenvalue weighted by Crippen LogP contribution is -2.29. The van der Waals surface area contributed by atoms with Crippen molar-refractivity contribution in [1.29, 1.82) is 0 Å². The third kappa shape index (κ3) is 3.45. The Morgan fingerprint density at radius 1 is 1.56 bits per heavy atom. The average Bonchev–Trinajstić information content (AvgIpc) is 2.86. The number of carbonyl (C=O) groups is 1. The summed E-state index contributed by atoms with van der Waals surface area (Å²) in [5.74, 6) is 0.803. The van der Waals surface area contributed by atoms with E-state index in [1.54, 1.807) is 19.2 Å². The molecule has 1 amide bonds. The molecule has 0 aliphatic carbocycles. The molecule has 0 saturated heterocycles. The van der Waals surface area contributed by atoms with Gasteiger partial charge in [0.2, 0.25) is 0 Å². The number of hydrogen-bond donors (Lipinski definition) is 2. The molecule has 2 heterocycles. The maximum atomic E-state index is 11.8. The first-order valence-corrected chi connectivity index (χ1v) is 6.04. The molecule has 5 heteroatoms. The van der Waals surface area contributed by atoms with Crippen LogP contribution >= 0.6 is 0 Å². The molecule has 18 heavy (non-hydrogen) atoms. The van der Waals surface area contributed by atoms with Crippen molar-refractivity contribution in [2.75, 3.05) is 26.7 Å². The van der Waals surface area contributed by atoms with Gasteiger partial charge >= 0.3 is 0 Å². The van der Waals surface area contributed by atoms with Crippen molar-refractivity contribution in [1.82, 2.24) is 10.6 Å². The van der Waals surface area contributed by atoms with Crippen molar-refractivity contribution >= 4 is 5.91 Å². The van der Waals surface area contributed by atoms with Gasteiger partial charge in [0.1, 0.15) is 12.4 Å². The van der Waals surface area contributed by atoms with Gasteiger partial charge in [0, 0.05) is 20.2 Å². The summed E-state index contributed by atoms with van der Waals surface area (Å²) in [4.78, 5) is 11.8. The molecule has 1 aliphatic heterocycles. The number of amides is 1. The third-order valence-electron chi connectivity index (χ3n) is 2.81. The molecule has 2 N–H and O–H groups in total. The molecule has 0 unspecified atom stereocenters. The van der Waals surface area contributed by atoms with Crippen LogP contribution < -0.4 is 10.6 Å². The van der Waals surface area contributed by atoms with E-state index in [9.17, 15) is 4.79 Å². The molecular weight excluding hydrogens is 232 g/mol. The van der Waals surface area contributed by atoms with E-state index in [2.05, 4.69) is 16.7 Å². The van der Waals surface area contributed by atoms with Crippen LogP contribution in [0.4, 0.5) is 0 Å². The van der Waals surface area contributed by atoms with E-state index in [1.807, 2.05) is 0 Å². The van der Waals surface area contributed by atoms with Gasteiger partial charge in [-0.2, -0.15) is 0 Å². The highest BCUT2D eigenvalue weighted by Gasteiger charge is 2.11. The van der Waals surface area contributed by atoms with Crippen LogP contribution in [0.15, 0.2) is 28.2 Å². The standard InChI is InChI=1S/C13H18N2O3/c1-17-9-11-2-3-12(18-11)13(16)15-8-10-4-6-14-7-5-10/h2-4,14H,5-9H2,1H3,(H,15,16). The summed E-state index contributed by atoms with van der Waals surface area (Å²) in [6.07, 6.45) is 3.09. The molecule has 0 spiro atoms. The molecule has 5 nitrogen and oxygen atoms in total. The second-order valence-electron chi connectivity index (χ2n) is 4.20. The summed E-state index contributed by atoms with van der Waals surface area (Å²) in [7, 11) is 1.59. The summed E-state index contributed by atoms with van der Waals surface area (Å²) >= 11 is 0. The van der Waals surface area contributed by atoms with Gasteiger partial charge in [-0.1, -0.05) is 11.6 Å². The SMILES string of the molecule is COCc1ccc(C(=O)NCC2=CCNCC2)o1. The van der Waals surface area contributed by atoms with Crippen LogP contribution in [0.5, 0.6) is 0 Å². The fourth-order valence-corrected chi connectivity index (χ4v) is 1.83. The Kier molecular flexibility index (Phi) is 4.55. The van der Waals surface area contributed by atoms with Gasteiger partial charge in [0.15, 0.2) is 5.76 Å². The summed E-state index contributed by atoms with van der Waals surface area (Å²) in [5, 5.41) is 6.08. The van der Waals surface area contributed by atoms with Crippen LogP contribution in [0.3, 0.4) is 0 Å². The number of hydrogen-bond acceptors (Lipinski definition) is 4. The summed E-state index contributed by atoms with van der Waals surface area (Å²) in [6, 6.07) is 3.42. The maximum absolute atomic E-state index is 11.8. The lowest BCUT2D eigenvalue weighted by atomic mass is 10.1. The monoisotopic (exact) mass is 250 g/mol. The highest BCUT2D eigenvalue weighted by Crippen LogP contribution is 2.09. The fraction of sp³-hybridized carbons (Fsp3) is 0.462. The van der Waals surface area contributed by atoms with Gasteiger partial charge in [-0.25, -0.2) is 0 Å². The first-order chi connectivity index (χ1) is 8.79. The lowest BCUT2D eigenvalue weighted by molar-refractivity contribution is 0.0920. The van der Waals surface area contributed by atoms with Gasteiger partial charge < -0.3 is 19.8 Å². The van der Waals surface area contributed by atoms with Gasteiger partial charge in [-0.15, -0.1) is 0 Å². The molecule has 0 radical (unpaired) electrons. The fourth-order valence-electron chi connectivity index (χ4n) is 1.83. The molecule has 98 valence electrons. The van der Waals surface area contributed by atoms with Gasteiger partial charge in [-0.05, 0) is 25.1 Å². The summed E-state index contributed by atoms with van der Waals surface area (Å²) in [5.41, 5.74) is 1.26. The molecule has 1 aliphatic rings. The Labute approximate surface area is 106 Å². The average molecular weight is 250 g/mol. The number of rotatable bonds is 5. The minimum absolute atomic E-state index is 0.184. The zero-order valence-electron chi connectivity index (χ0n) is 10.5. The van der Waals surface area contributed by atoms with Crippen molar-refractivity contribution < 1.29 is 13.9 Å². The maximum Gasteiger partial charge on any atom is 0.287 e. The number of ether oxygens (including phenoxy) is 1. The minimum Gasteiger partial charge on any atom is -0.453 e. The molecule has 0 fully saturated rings. The zero-order chi connectivity index (χ0) is 12.8. The van der Waals surface area contributed by atoms with Crippen molar-refractivity contribution in [2.24, 2.45) is 0 Å². The first kappa shape index (κ1) is 12.9. The van der Waals surface area contributed by atoms with Gasteiger partial charge in [-0.3, -0.25) is 4.79 Å². The van der Waals surface area contributed by atoms with E-state index in [-0.39, 0.29) is 5.91 Å². The summed E-state index contributed by atoms with van der Waals surface area (Å²) in [6.45, 7) is 2.81. The molecule has 2 rings (SSSR count). The highest BCUT2D eigenvalue weighted by atomic mass is 16.5. The molecule has 0 aromatic carbocycles. The Hall–Kier alpha value is -1.59. The van der Waals surface area contributed by atoms with E-state index in [0.29, 0.717) is 24.7 Å². The second kappa shape index (κ2) is 6.37. The first-order valence-electron chi connectivity index (χ1n) is 6.04. The van der Waals surface area contributed by atoms with Gasteiger partial charge in [0.05, 0.1) is 0 Å². The lowest BCUT2D eigenvalue weighted by Gasteiger charge is -2.14. The van der Waals surface area contributed by atoms with Crippen molar-refractivity contribution in [3.8, 4) is 0 Å². The van der Waals surface area contributed by atoms with Crippen LogP contribution in [0.1, 0.15) is 22.7 Å². The number of carbonyl (C=O) groups excluding carboxylic acids is 1. The van der Waals surface area contributed by atoms with Crippen molar-refractivity contribution in [3.63, 3.8) is 0 Å². The quantitative estimate of drug-likeness (QED) is 0.767. The Morgan fingerprint density at radius 3 is 3.17 bits per heavy atom. The highest BCUT2D eigenvalue weighted by molar-refractivity contribution is 5.91. The van der Waals surface area contributed by atoms with Gasteiger partial charge in [0.25, 0.3) is 5.91 Å². The molecule has 0 atom stereocenters. The normalized spacial score (nSPS) is 15.3. The van der Waals surface area contributed by atoms with E-state index in [4.69, 9.17) is 9.15 Å². The van der Waals surface area contributed by atoms with E-state index in [0.717, 1.165) is 19.5 Å². The Morgan fingerprint density at radius 2 is 2.44 bits per heavy atom. The second-order valence-corrected chi connectivity index (χ2v) is 4.20. The molecule has 1 aromatic rings. The number of furan rings is 1. The Balaban J connectivity index is 1.84. The number of methoxy groups -OCH3 is 1. The van der Waals surface area contributed by atoms with Crippen LogP contribution in [-0.2, 0) is 11.3 Å². The molecule has 0 saturated carbocycles. The van der Waals surface area contributed by atoms with Crippen LogP contribution in [0.25, 0.3) is 0 Å². The predicted molar refractivity (Wildman–Crippen MR) is 67.3 cm³/mol.